The number of aliphatic hydroxyl groups is 1. The van der Waals surface area contributed by atoms with Gasteiger partial charge >= 0.3 is 0 Å². The second kappa shape index (κ2) is 6.50. The summed E-state index contributed by atoms with van der Waals surface area (Å²) in [5.74, 6) is 0.439. The number of aliphatic hydroxyl groups excluding tert-OH is 1. The van der Waals surface area contributed by atoms with Crippen molar-refractivity contribution in [1.29, 1.82) is 0 Å². The maximum atomic E-state index is 12.1. The van der Waals surface area contributed by atoms with Crippen LogP contribution in [0.5, 0.6) is 0 Å². The monoisotopic (exact) mass is 245 g/mol. The van der Waals surface area contributed by atoms with Crippen LogP contribution in [0.3, 0.4) is 0 Å². The Hall–Kier alpha value is -0.220. The number of likely N-dealkylation sites (tertiary alicyclic amines) is 1. The van der Waals surface area contributed by atoms with Crippen LogP contribution in [0, 0.1) is 5.92 Å². The molecule has 1 heterocycles. The number of amides is 1. The second-order valence-corrected chi connectivity index (χ2v) is 5.44. The molecule has 1 saturated heterocycles. The minimum Gasteiger partial charge on any atom is -0.396 e. The van der Waals surface area contributed by atoms with Crippen LogP contribution in [-0.2, 0) is 4.79 Å². The first-order chi connectivity index (χ1) is 7.57. The van der Waals surface area contributed by atoms with Crippen molar-refractivity contribution in [3.8, 4) is 0 Å². The van der Waals surface area contributed by atoms with Crippen molar-refractivity contribution in [2.75, 3.05) is 13.2 Å². The summed E-state index contributed by atoms with van der Waals surface area (Å²) in [5.41, 5.74) is 0. The van der Waals surface area contributed by atoms with E-state index in [4.69, 9.17) is 5.11 Å². The summed E-state index contributed by atoms with van der Waals surface area (Å²) in [6.45, 7) is 5.12. The van der Waals surface area contributed by atoms with Gasteiger partial charge in [-0.3, -0.25) is 4.79 Å². The Balaban J connectivity index is 2.53. The summed E-state index contributed by atoms with van der Waals surface area (Å²) < 4.78 is 0. The number of hydrogen-bond acceptors (Lipinski definition) is 3. The molecule has 0 radical (unpaired) electrons. The normalized spacial score (nSPS) is 22.8. The Labute approximate surface area is 104 Å². The van der Waals surface area contributed by atoms with Crippen molar-refractivity contribution in [2.24, 2.45) is 5.92 Å². The zero-order valence-corrected chi connectivity index (χ0v) is 11.1. The molecular weight excluding hydrogens is 222 g/mol. The van der Waals surface area contributed by atoms with Crippen LogP contribution in [0.1, 0.15) is 39.5 Å². The Morgan fingerprint density at radius 1 is 1.56 bits per heavy atom. The van der Waals surface area contributed by atoms with E-state index in [2.05, 4.69) is 12.6 Å². The zero-order chi connectivity index (χ0) is 12.1. The molecule has 1 aliphatic heterocycles. The van der Waals surface area contributed by atoms with Crippen LogP contribution in [0.4, 0.5) is 0 Å². The van der Waals surface area contributed by atoms with Gasteiger partial charge in [0.05, 0.1) is 5.25 Å². The van der Waals surface area contributed by atoms with Gasteiger partial charge in [-0.15, -0.1) is 0 Å². The zero-order valence-electron chi connectivity index (χ0n) is 10.2. The first-order valence-corrected chi connectivity index (χ1v) is 6.69. The van der Waals surface area contributed by atoms with Gasteiger partial charge in [0.1, 0.15) is 0 Å². The van der Waals surface area contributed by atoms with Gasteiger partial charge in [-0.05, 0) is 31.6 Å². The first-order valence-electron chi connectivity index (χ1n) is 6.17. The maximum absolute atomic E-state index is 12.1. The highest BCUT2D eigenvalue weighted by atomic mass is 32.1. The van der Waals surface area contributed by atoms with Gasteiger partial charge in [-0.2, -0.15) is 12.6 Å². The predicted molar refractivity (Wildman–Crippen MR) is 68.7 cm³/mol. The fourth-order valence-corrected chi connectivity index (χ4v) is 2.36. The lowest BCUT2D eigenvalue weighted by atomic mass is 10.1. The number of nitrogens with zero attached hydrogens (tertiary/aromatic N) is 1. The Morgan fingerprint density at radius 3 is 2.81 bits per heavy atom. The van der Waals surface area contributed by atoms with Crippen LogP contribution in [0.25, 0.3) is 0 Å². The van der Waals surface area contributed by atoms with Crippen LogP contribution in [0.2, 0.25) is 0 Å². The highest BCUT2D eigenvalue weighted by molar-refractivity contribution is 7.81. The molecule has 1 N–H and O–H groups in total. The van der Waals surface area contributed by atoms with Gasteiger partial charge < -0.3 is 10.0 Å². The molecular formula is C12H23NO2S. The fourth-order valence-electron chi connectivity index (χ4n) is 2.21. The lowest BCUT2D eigenvalue weighted by Gasteiger charge is -2.28. The van der Waals surface area contributed by atoms with Crippen molar-refractivity contribution in [3.05, 3.63) is 0 Å². The van der Waals surface area contributed by atoms with Crippen LogP contribution >= 0.6 is 12.6 Å². The van der Waals surface area contributed by atoms with Crippen LogP contribution in [0.15, 0.2) is 0 Å². The van der Waals surface area contributed by atoms with E-state index in [0.717, 1.165) is 32.2 Å². The van der Waals surface area contributed by atoms with Crippen molar-refractivity contribution in [3.63, 3.8) is 0 Å². The molecule has 0 spiro atoms. The summed E-state index contributed by atoms with van der Waals surface area (Å²) >= 11 is 4.39. The third-order valence-electron chi connectivity index (χ3n) is 3.24. The van der Waals surface area contributed by atoms with Gasteiger partial charge in [-0.25, -0.2) is 0 Å². The number of hydrogen-bond donors (Lipinski definition) is 2. The van der Waals surface area contributed by atoms with Crippen molar-refractivity contribution < 1.29 is 9.90 Å². The van der Waals surface area contributed by atoms with Crippen molar-refractivity contribution >= 4 is 18.5 Å². The molecule has 2 unspecified atom stereocenters. The van der Waals surface area contributed by atoms with Gasteiger partial charge in [0.2, 0.25) is 5.91 Å². The van der Waals surface area contributed by atoms with E-state index >= 15 is 0 Å². The van der Waals surface area contributed by atoms with Crippen LogP contribution in [-0.4, -0.2) is 40.4 Å². The minimum absolute atomic E-state index is 0.166. The van der Waals surface area contributed by atoms with E-state index in [1.54, 1.807) is 0 Å². The summed E-state index contributed by atoms with van der Waals surface area (Å²) in [7, 11) is 0. The average Bonchev–Trinajstić information content (AvgIpc) is 2.72. The predicted octanol–water partition coefficient (Wildman–Crippen LogP) is 1.70. The smallest absolute Gasteiger partial charge is 0.235 e. The molecule has 0 aromatic carbocycles. The van der Waals surface area contributed by atoms with E-state index in [9.17, 15) is 4.79 Å². The lowest BCUT2D eigenvalue weighted by molar-refractivity contribution is -0.132. The third kappa shape index (κ3) is 3.39. The topological polar surface area (TPSA) is 40.5 Å². The van der Waals surface area contributed by atoms with Crippen molar-refractivity contribution in [2.45, 2.75) is 50.8 Å². The number of rotatable bonds is 5. The molecule has 1 rings (SSSR count). The molecule has 94 valence electrons. The highest BCUT2D eigenvalue weighted by Crippen LogP contribution is 2.24. The second-order valence-electron chi connectivity index (χ2n) is 4.88. The van der Waals surface area contributed by atoms with E-state index in [0.29, 0.717) is 6.04 Å². The molecule has 2 atom stereocenters. The molecule has 0 aliphatic carbocycles. The summed E-state index contributed by atoms with van der Waals surface area (Å²) in [5, 5.41) is 8.64. The van der Waals surface area contributed by atoms with Crippen molar-refractivity contribution in [1.82, 2.24) is 4.90 Å². The van der Waals surface area contributed by atoms with E-state index in [-0.39, 0.29) is 23.7 Å². The Kier molecular flexibility index (Phi) is 5.62. The summed E-state index contributed by atoms with van der Waals surface area (Å²) in [6, 6.07) is 0.327. The number of carbonyl (C=O) groups excluding carboxylic acids is 1. The molecule has 0 bridgehead atoms. The van der Waals surface area contributed by atoms with Gasteiger partial charge in [0.25, 0.3) is 0 Å². The lowest BCUT2D eigenvalue weighted by Crippen LogP contribution is -2.42. The van der Waals surface area contributed by atoms with E-state index in [1.165, 1.54) is 0 Å². The maximum Gasteiger partial charge on any atom is 0.235 e. The van der Waals surface area contributed by atoms with Gasteiger partial charge in [0, 0.05) is 19.2 Å². The quantitative estimate of drug-likeness (QED) is 0.724. The Bertz CT molecular complexity index is 233. The standard InChI is InChI=1S/C12H23NO2S/c1-9(2)11(16)12(15)13-7-3-5-10(13)6-4-8-14/h9-11,14,16H,3-8H2,1-2H3. The van der Waals surface area contributed by atoms with Gasteiger partial charge in [0.15, 0.2) is 0 Å². The largest absolute Gasteiger partial charge is 0.396 e. The molecule has 1 amide bonds. The minimum atomic E-state index is -0.185. The molecule has 0 aromatic heterocycles. The van der Waals surface area contributed by atoms with Gasteiger partial charge in [-0.1, -0.05) is 13.8 Å². The highest BCUT2D eigenvalue weighted by Gasteiger charge is 2.32. The molecule has 3 nitrogen and oxygen atoms in total. The van der Waals surface area contributed by atoms with E-state index < -0.39 is 0 Å². The molecule has 0 aromatic rings. The third-order valence-corrected chi connectivity index (χ3v) is 4.06. The first kappa shape index (κ1) is 13.8. The Morgan fingerprint density at radius 2 is 2.25 bits per heavy atom. The molecule has 1 aliphatic rings. The number of thiol groups is 1. The molecule has 4 heteroatoms. The van der Waals surface area contributed by atoms with Crippen LogP contribution < -0.4 is 0 Å². The molecule has 1 fully saturated rings. The molecule has 0 saturated carbocycles. The molecule has 16 heavy (non-hydrogen) atoms. The average molecular weight is 245 g/mol. The summed E-state index contributed by atoms with van der Waals surface area (Å²) in [6.07, 6.45) is 3.86. The van der Waals surface area contributed by atoms with E-state index in [1.807, 2.05) is 18.7 Å². The fraction of sp³-hybridized carbons (Fsp3) is 0.917. The SMILES string of the molecule is CC(C)C(S)C(=O)N1CCCC1CCCO. The summed E-state index contributed by atoms with van der Waals surface area (Å²) in [4.78, 5) is 14.1. The number of carbonyl (C=O) groups is 1.